The number of piperidine rings is 1. The molecule has 2 heterocycles. The second-order valence-corrected chi connectivity index (χ2v) is 7.40. The number of ether oxygens (including phenoxy) is 1. The van der Waals surface area contributed by atoms with Crippen LogP contribution in [0.15, 0.2) is 59.4 Å². The van der Waals surface area contributed by atoms with E-state index in [9.17, 15) is 4.79 Å². The Balaban J connectivity index is 0.00000160. The molecule has 30 heavy (non-hydrogen) atoms. The number of aryl methyl sites for hydroxylation is 1. The van der Waals surface area contributed by atoms with Crippen LogP contribution in [-0.2, 0) is 7.05 Å². The van der Waals surface area contributed by atoms with Gasteiger partial charge in [0.05, 0.1) is 18.7 Å². The van der Waals surface area contributed by atoms with Crippen molar-refractivity contribution in [3.8, 4) is 5.75 Å². The van der Waals surface area contributed by atoms with Crippen LogP contribution in [0.5, 0.6) is 5.75 Å². The Morgan fingerprint density at radius 1 is 1.07 bits per heavy atom. The zero-order valence-electron chi connectivity index (χ0n) is 17.5. The summed E-state index contributed by atoms with van der Waals surface area (Å²) in [5.74, 6) is 1.15. The third-order valence-corrected chi connectivity index (χ3v) is 5.94. The standard InChI is InChI=1S/C23H27N3O2.2ClH/c1-24-26-13-7-10-18(23(26)16-8-5-4-6-9-16)19-15-20-17(14-21(19)28-3)11-12-22(27)25(20)2;;/h4-6,8-9,11-12,14-15,18,23-24H,7,10,13H2,1-3H3;2*1H/t18-,23+;;/m0../s1. The van der Waals surface area contributed by atoms with Gasteiger partial charge in [-0.3, -0.25) is 10.2 Å². The summed E-state index contributed by atoms with van der Waals surface area (Å²) in [5.41, 5.74) is 6.77. The minimum atomic E-state index is 0. The average molecular weight is 450 g/mol. The van der Waals surface area contributed by atoms with Gasteiger partial charge in [-0.2, -0.15) is 0 Å². The van der Waals surface area contributed by atoms with Crippen molar-refractivity contribution in [2.24, 2.45) is 7.05 Å². The largest absolute Gasteiger partial charge is 0.496 e. The number of hydrogen-bond acceptors (Lipinski definition) is 4. The summed E-state index contributed by atoms with van der Waals surface area (Å²) in [7, 11) is 5.54. The fraction of sp³-hybridized carbons (Fsp3) is 0.348. The molecule has 4 rings (SSSR count). The number of benzene rings is 2. The van der Waals surface area contributed by atoms with Crippen molar-refractivity contribution < 1.29 is 4.74 Å². The lowest BCUT2D eigenvalue weighted by molar-refractivity contribution is 0.0791. The molecule has 1 saturated heterocycles. The van der Waals surface area contributed by atoms with Gasteiger partial charge in [0.2, 0.25) is 0 Å². The van der Waals surface area contributed by atoms with E-state index in [0.29, 0.717) is 0 Å². The van der Waals surface area contributed by atoms with Crippen molar-refractivity contribution in [1.29, 1.82) is 0 Å². The molecular weight excluding hydrogens is 421 g/mol. The van der Waals surface area contributed by atoms with Crippen LogP contribution in [0.4, 0.5) is 0 Å². The first-order valence-corrected chi connectivity index (χ1v) is 9.80. The predicted octanol–water partition coefficient (Wildman–Crippen LogP) is 4.45. The highest BCUT2D eigenvalue weighted by atomic mass is 35.5. The molecule has 0 spiro atoms. The van der Waals surface area contributed by atoms with Crippen LogP contribution in [0.1, 0.15) is 35.9 Å². The molecule has 0 radical (unpaired) electrons. The number of methoxy groups -OCH3 is 1. The van der Waals surface area contributed by atoms with Crippen LogP contribution < -0.4 is 15.7 Å². The summed E-state index contributed by atoms with van der Waals surface area (Å²) >= 11 is 0. The van der Waals surface area contributed by atoms with E-state index < -0.39 is 0 Å². The molecule has 2 aromatic carbocycles. The molecule has 1 aromatic heterocycles. The average Bonchev–Trinajstić information content (AvgIpc) is 2.75. The maximum atomic E-state index is 12.2. The summed E-state index contributed by atoms with van der Waals surface area (Å²) in [6.45, 7) is 1.00. The van der Waals surface area contributed by atoms with Gasteiger partial charge < -0.3 is 9.30 Å². The molecule has 1 aliphatic heterocycles. The lowest BCUT2D eigenvalue weighted by atomic mass is 9.80. The van der Waals surface area contributed by atoms with E-state index in [2.05, 4.69) is 52.9 Å². The molecule has 7 heteroatoms. The molecule has 0 aliphatic carbocycles. The van der Waals surface area contributed by atoms with Gasteiger partial charge in [0, 0.05) is 36.5 Å². The maximum Gasteiger partial charge on any atom is 0.250 e. The third-order valence-electron chi connectivity index (χ3n) is 5.94. The van der Waals surface area contributed by atoms with Crippen molar-refractivity contribution >= 4 is 35.7 Å². The molecule has 1 N–H and O–H groups in total. The number of hydrogen-bond donors (Lipinski definition) is 1. The third kappa shape index (κ3) is 4.35. The summed E-state index contributed by atoms with van der Waals surface area (Å²) < 4.78 is 7.52. The summed E-state index contributed by atoms with van der Waals surface area (Å²) in [5, 5.41) is 3.33. The van der Waals surface area contributed by atoms with Gasteiger partial charge in [-0.15, -0.1) is 24.8 Å². The van der Waals surface area contributed by atoms with E-state index in [1.165, 1.54) is 5.56 Å². The molecule has 2 atom stereocenters. The zero-order chi connectivity index (χ0) is 19.7. The van der Waals surface area contributed by atoms with E-state index in [-0.39, 0.29) is 42.3 Å². The van der Waals surface area contributed by atoms with E-state index in [1.807, 2.05) is 20.2 Å². The van der Waals surface area contributed by atoms with Crippen LogP contribution in [-0.4, -0.2) is 30.3 Å². The number of nitrogens with zero attached hydrogens (tertiary/aromatic N) is 2. The molecule has 0 unspecified atom stereocenters. The number of pyridine rings is 1. The molecule has 5 nitrogen and oxygen atoms in total. The van der Waals surface area contributed by atoms with E-state index >= 15 is 0 Å². The number of nitrogens with one attached hydrogen (secondary N) is 1. The van der Waals surface area contributed by atoms with Gasteiger partial charge in [-0.25, -0.2) is 5.01 Å². The zero-order valence-corrected chi connectivity index (χ0v) is 19.1. The first kappa shape index (κ1) is 24.2. The minimum absolute atomic E-state index is 0. The molecular formula is C23H29Cl2N3O2. The lowest BCUT2D eigenvalue weighted by Crippen LogP contribution is -2.44. The quantitative estimate of drug-likeness (QED) is 0.638. The molecule has 0 saturated carbocycles. The lowest BCUT2D eigenvalue weighted by Gasteiger charge is -2.41. The fourth-order valence-corrected chi connectivity index (χ4v) is 4.52. The summed E-state index contributed by atoms with van der Waals surface area (Å²) in [4.78, 5) is 12.2. The Hall–Kier alpha value is -2.05. The highest BCUT2D eigenvalue weighted by molar-refractivity contribution is 5.85. The van der Waals surface area contributed by atoms with E-state index in [0.717, 1.165) is 41.6 Å². The fourth-order valence-electron chi connectivity index (χ4n) is 4.52. The Morgan fingerprint density at radius 3 is 2.47 bits per heavy atom. The van der Waals surface area contributed by atoms with Gasteiger partial charge in [0.25, 0.3) is 5.56 Å². The molecule has 0 bridgehead atoms. The van der Waals surface area contributed by atoms with E-state index in [1.54, 1.807) is 17.7 Å². The second-order valence-electron chi connectivity index (χ2n) is 7.40. The van der Waals surface area contributed by atoms with Gasteiger partial charge in [0.1, 0.15) is 5.75 Å². The Morgan fingerprint density at radius 2 is 1.80 bits per heavy atom. The van der Waals surface area contributed by atoms with Gasteiger partial charge in [-0.1, -0.05) is 30.3 Å². The smallest absolute Gasteiger partial charge is 0.250 e. The van der Waals surface area contributed by atoms with Gasteiger partial charge in [0.15, 0.2) is 0 Å². The number of fused-ring (bicyclic) bond motifs is 1. The number of aromatic nitrogens is 1. The van der Waals surface area contributed by atoms with Crippen LogP contribution >= 0.6 is 24.8 Å². The Labute approximate surface area is 189 Å². The van der Waals surface area contributed by atoms with Crippen molar-refractivity contribution in [2.75, 3.05) is 20.7 Å². The minimum Gasteiger partial charge on any atom is -0.496 e. The van der Waals surface area contributed by atoms with Gasteiger partial charge in [-0.05, 0) is 43.7 Å². The van der Waals surface area contributed by atoms with Crippen LogP contribution in [0.3, 0.4) is 0 Å². The molecule has 1 aliphatic rings. The van der Waals surface area contributed by atoms with Crippen LogP contribution in [0.2, 0.25) is 0 Å². The summed E-state index contributed by atoms with van der Waals surface area (Å²) in [6, 6.07) is 18.5. The summed E-state index contributed by atoms with van der Waals surface area (Å²) in [6.07, 6.45) is 2.17. The molecule has 162 valence electrons. The molecule has 0 amide bonds. The van der Waals surface area contributed by atoms with E-state index in [4.69, 9.17) is 4.74 Å². The van der Waals surface area contributed by atoms with Crippen molar-refractivity contribution in [2.45, 2.75) is 24.8 Å². The highest BCUT2D eigenvalue weighted by Crippen LogP contribution is 2.45. The normalized spacial score (nSPS) is 19.0. The maximum absolute atomic E-state index is 12.2. The van der Waals surface area contributed by atoms with Crippen molar-refractivity contribution in [3.05, 3.63) is 76.1 Å². The SMILES string of the molecule is CNN1CCC[C@@H](c2cc3c(ccc(=O)n3C)cc2OC)[C@H]1c1ccccc1.Cl.Cl. The van der Waals surface area contributed by atoms with Gasteiger partial charge >= 0.3 is 0 Å². The predicted molar refractivity (Wildman–Crippen MR) is 127 cm³/mol. The van der Waals surface area contributed by atoms with Crippen LogP contribution in [0, 0.1) is 0 Å². The van der Waals surface area contributed by atoms with Crippen molar-refractivity contribution in [3.63, 3.8) is 0 Å². The first-order valence-electron chi connectivity index (χ1n) is 9.80. The van der Waals surface area contributed by atoms with Crippen molar-refractivity contribution in [1.82, 2.24) is 15.0 Å². The monoisotopic (exact) mass is 449 g/mol. The number of halogens is 2. The molecule has 3 aromatic rings. The topological polar surface area (TPSA) is 46.5 Å². The Bertz CT molecular complexity index is 1040. The number of hydrazine groups is 1. The van der Waals surface area contributed by atoms with Crippen LogP contribution in [0.25, 0.3) is 10.9 Å². The first-order chi connectivity index (χ1) is 13.6. The number of rotatable bonds is 4. The highest BCUT2D eigenvalue weighted by Gasteiger charge is 2.35. The second kappa shape index (κ2) is 10.3. The molecule has 1 fully saturated rings. The Kier molecular flexibility index (Phi) is 8.33.